The van der Waals surface area contributed by atoms with Gasteiger partial charge in [0.1, 0.15) is 5.78 Å². The summed E-state index contributed by atoms with van der Waals surface area (Å²) in [5.74, 6) is 0.0406. The van der Waals surface area contributed by atoms with E-state index in [-0.39, 0.29) is 35.8 Å². The highest BCUT2D eigenvalue weighted by atomic mass is 32.2. The highest BCUT2D eigenvalue weighted by molar-refractivity contribution is 8.02. The van der Waals surface area contributed by atoms with Gasteiger partial charge in [-0.1, -0.05) is 60.7 Å². The van der Waals surface area contributed by atoms with Gasteiger partial charge in [0.15, 0.2) is 0 Å². The van der Waals surface area contributed by atoms with Crippen LogP contribution in [0.1, 0.15) is 50.2 Å². The van der Waals surface area contributed by atoms with Gasteiger partial charge in [0.05, 0.1) is 10.8 Å². The summed E-state index contributed by atoms with van der Waals surface area (Å²) < 4.78 is 0. The van der Waals surface area contributed by atoms with Crippen molar-refractivity contribution < 1.29 is 14.4 Å². The maximum Gasteiger partial charge on any atom is 0.223 e. The van der Waals surface area contributed by atoms with Crippen molar-refractivity contribution in [3.05, 3.63) is 82.9 Å². The van der Waals surface area contributed by atoms with Gasteiger partial charge in [0.25, 0.3) is 0 Å². The van der Waals surface area contributed by atoms with Gasteiger partial charge in [-0.05, 0) is 42.7 Å². The van der Waals surface area contributed by atoms with E-state index < -0.39 is 5.41 Å². The van der Waals surface area contributed by atoms with Gasteiger partial charge in [-0.25, -0.2) is 0 Å². The van der Waals surface area contributed by atoms with E-state index >= 15 is 0 Å². The molecule has 36 heavy (non-hydrogen) atoms. The van der Waals surface area contributed by atoms with E-state index in [0.29, 0.717) is 32.5 Å². The molecule has 1 fully saturated rings. The van der Waals surface area contributed by atoms with Crippen molar-refractivity contribution in [2.75, 3.05) is 19.6 Å². The Labute approximate surface area is 217 Å². The van der Waals surface area contributed by atoms with Gasteiger partial charge in [0.2, 0.25) is 11.8 Å². The average molecular weight is 506 g/mol. The van der Waals surface area contributed by atoms with Crippen LogP contribution in [0.15, 0.2) is 71.8 Å². The zero-order chi connectivity index (χ0) is 25.4. The first-order valence-electron chi connectivity index (χ1n) is 12.7. The topological polar surface area (TPSA) is 78.5 Å². The number of hydrogen-bond acceptors (Lipinski definition) is 5. The highest BCUT2D eigenvalue weighted by Crippen LogP contribution is 2.36. The minimum Gasteiger partial charge on any atom is -0.376 e. The number of carbonyl (C=O) groups excluding carboxylic acids is 3. The third-order valence-electron chi connectivity index (χ3n) is 7.22. The SMILES string of the molecule is CC(=O)C1(c2ccccc2)CCN(C(=O)CCC(=O)NCCC2NC(Cc3ccccc3)=CS2)CC1. The van der Waals surface area contributed by atoms with Crippen molar-refractivity contribution in [3.8, 4) is 0 Å². The van der Waals surface area contributed by atoms with Crippen LogP contribution >= 0.6 is 11.8 Å². The number of piperidine rings is 1. The van der Waals surface area contributed by atoms with Crippen LogP contribution in [0.25, 0.3) is 0 Å². The molecule has 0 saturated carbocycles. The lowest BCUT2D eigenvalue weighted by molar-refractivity contribution is -0.137. The van der Waals surface area contributed by atoms with Crippen molar-refractivity contribution in [1.29, 1.82) is 0 Å². The lowest BCUT2D eigenvalue weighted by Crippen LogP contribution is -2.48. The lowest BCUT2D eigenvalue weighted by Gasteiger charge is -2.40. The Hall–Kier alpha value is -3.06. The molecular weight excluding hydrogens is 470 g/mol. The van der Waals surface area contributed by atoms with Crippen LogP contribution < -0.4 is 10.6 Å². The second-order valence-electron chi connectivity index (χ2n) is 9.60. The van der Waals surface area contributed by atoms with Crippen LogP contribution in [0.4, 0.5) is 0 Å². The lowest BCUT2D eigenvalue weighted by atomic mass is 9.70. The number of nitrogens with one attached hydrogen (secondary N) is 2. The van der Waals surface area contributed by atoms with E-state index in [9.17, 15) is 14.4 Å². The molecule has 2 aromatic carbocycles. The first-order valence-corrected chi connectivity index (χ1v) is 13.7. The van der Waals surface area contributed by atoms with Gasteiger partial charge in [-0.3, -0.25) is 14.4 Å². The number of ketones is 1. The van der Waals surface area contributed by atoms with Crippen molar-refractivity contribution in [1.82, 2.24) is 15.5 Å². The number of hydrogen-bond donors (Lipinski definition) is 2. The largest absolute Gasteiger partial charge is 0.376 e. The molecule has 7 heteroatoms. The third-order valence-corrected chi connectivity index (χ3v) is 8.33. The maximum atomic E-state index is 12.7. The van der Waals surface area contributed by atoms with E-state index in [1.165, 1.54) is 11.3 Å². The molecule has 1 atom stereocenters. The first kappa shape index (κ1) is 26.0. The molecule has 0 spiro atoms. The summed E-state index contributed by atoms with van der Waals surface area (Å²) in [5, 5.41) is 8.89. The molecule has 2 aliphatic rings. The molecule has 2 heterocycles. The van der Waals surface area contributed by atoms with Crippen LogP contribution in [0, 0.1) is 0 Å². The Morgan fingerprint density at radius 1 is 1.00 bits per heavy atom. The van der Waals surface area contributed by atoms with Gasteiger partial charge in [0, 0.05) is 44.6 Å². The van der Waals surface area contributed by atoms with Crippen LogP contribution in [0.2, 0.25) is 0 Å². The Bertz CT molecular complexity index is 1080. The van der Waals surface area contributed by atoms with Crippen molar-refractivity contribution in [3.63, 3.8) is 0 Å². The molecule has 2 aromatic rings. The Balaban J connectivity index is 1.13. The smallest absolute Gasteiger partial charge is 0.223 e. The summed E-state index contributed by atoms with van der Waals surface area (Å²) in [7, 11) is 0. The summed E-state index contributed by atoms with van der Waals surface area (Å²) in [5.41, 5.74) is 2.99. The molecule has 0 radical (unpaired) electrons. The van der Waals surface area contributed by atoms with Gasteiger partial charge < -0.3 is 15.5 Å². The first-order chi connectivity index (χ1) is 17.5. The molecule has 190 valence electrons. The third kappa shape index (κ3) is 6.58. The fourth-order valence-electron chi connectivity index (χ4n) is 5.04. The van der Waals surface area contributed by atoms with Gasteiger partial charge in [-0.15, -0.1) is 11.8 Å². The van der Waals surface area contributed by atoms with Crippen molar-refractivity contribution >= 4 is 29.4 Å². The molecule has 0 aliphatic carbocycles. The predicted octanol–water partition coefficient (Wildman–Crippen LogP) is 4.17. The number of nitrogens with zero attached hydrogens (tertiary/aromatic N) is 1. The molecule has 1 unspecified atom stereocenters. The van der Waals surface area contributed by atoms with Crippen molar-refractivity contribution in [2.45, 2.75) is 56.2 Å². The number of likely N-dealkylation sites (tertiary alicyclic amines) is 1. The van der Waals surface area contributed by atoms with E-state index in [4.69, 9.17) is 0 Å². The molecule has 2 N–H and O–H groups in total. The van der Waals surface area contributed by atoms with Crippen LogP contribution in [-0.4, -0.2) is 47.5 Å². The number of amides is 2. The predicted molar refractivity (Wildman–Crippen MR) is 144 cm³/mol. The average Bonchev–Trinajstić information content (AvgIpc) is 3.35. The minimum absolute atomic E-state index is 0.0156. The second-order valence-corrected chi connectivity index (χ2v) is 10.7. The number of Topliss-reactive ketones (excluding diaryl/α,β-unsaturated/α-hetero) is 1. The van der Waals surface area contributed by atoms with E-state index in [0.717, 1.165) is 18.4 Å². The molecule has 2 amide bonds. The van der Waals surface area contributed by atoms with Gasteiger partial charge >= 0.3 is 0 Å². The van der Waals surface area contributed by atoms with Crippen molar-refractivity contribution in [2.24, 2.45) is 0 Å². The Morgan fingerprint density at radius 3 is 2.33 bits per heavy atom. The maximum absolute atomic E-state index is 12.7. The normalized spacial score (nSPS) is 18.8. The monoisotopic (exact) mass is 505 g/mol. The van der Waals surface area contributed by atoms with E-state index in [1.807, 2.05) is 48.5 Å². The summed E-state index contributed by atoms with van der Waals surface area (Å²) in [4.78, 5) is 39.4. The van der Waals surface area contributed by atoms with E-state index in [1.54, 1.807) is 23.6 Å². The Kier molecular flexibility index (Phi) is 8.86. The standard InChI is InChI=1S/C29H35N3O3S/c1-22(33)29(24-10-6-3-7-11-24)15-18-32(19-16-29)28(35)13-12-26(34)30-17-14-27-31-25(21-36-27)20-23-8-4-2-5-9-23/h2-11,21,27,31H,12-20H2,1H3,(H,30,34). The fraction of sp³-hybridized carbons (Fsp3) is 0.414. The molecule has 6 nitrogen and oxygen atoms in total. The number of allylic oxidation sites excluding steroid dienone is 1. The zero-order valence-electron chi connectivity index (χ0n) is 20.9. The number of benzene rings is 2. The molecule has 0 bridgehead atoms. The highest BCUT2D eigenvalue weighted by Gasteiger charge is 2.41. The summed E-state index contributed by atoms with van der Waals surface area (Å²) in [6.07, 6.45) is 3.33. The molecule has 0 aromatic heterocycles. The van der Waals surface area contributed by atoms with Gasteiger partial charge in [-0.2, -0.15) is 0 Å². The molecule has 2 aliphatic heterocycles. The minimum atomic E-state index is -0.516. The van der Waals surface area contributed by atoms with Crippen LogP contribution in [-0.2, 0) is 26.2 Å². The second kappa shape index (κ2) is 12.3. The summed E-state index contributed by atoms with van der Waals surface area (Å²) >= 11 is 1.75. The summed E-state index contributed by atoms with van der Waals surface area (Å²) in [6.45, 7) is 3.30. The van der Waals surface area contributed by atoms with Crippen LogP contribution in [0.5, 0.6) is 0 Å². The Morgan fingerprint density at radius 2 is 1.67 bits per heavy atom. The number of carbonyl (C=O) groups is 3. The molecule has 1 saturated heterocycles. The summed E-state index contributed by atoms with van der Waals surface area (Å²) in [6, 6.07) is 20.2. The fourth-order valence-corrected chi connectivity index (χ4v) is 5.99. The number of rotatable bonds is 10. The quantitative estimate of drug-likeness (QED) is 0.507. The van der Waals surface area contributed by atoms with E-state index in [2.05, 4.69) is 28.2 Å². The molecular formula is C29H35N3O3S. The molecule has 4 rings (SSSR count). The number of thioether (sulfide) groups is 1. The van der Waals surface area contributed by atoms with Crippen LogP contribution in [0.3, 0.4) is 0 Å². The zero-order valence-corrected chi connectivity index (χ0v) is 21.7.